The second kappa shape index (κ2) is 6.76. The topological polar surface area (TPSA) is 81.0 Å². The minimum absolute atomic E-state index is 0.0845. The molecular formula is C18H18N4O2S. The zero-order valence-electron chi connectivity index (χ0n) is 13.7. The lowest BCUT2D eigenvalue weighted by molar-refractivity contribution is -0.383. The summed E-state index contributed by atoms with van der Waals surface area (Å²) in [4.78, 5) is 21.0. The smallest absolute Gasteiger partial charge is 0.278 e. The maximum Gasteiger partial charge on any atom is 0.278 e. The van der Waals surface area contributed by atoms with Crippen LogP contribution in [0.5, 0.6) is 0 Å². The fourth-order valence-electron chi connectivity index (χ4n) is 3.31. The lowest BCUT2D eigenvalue weighted by Gasteiger charge is -2.09. The first-order valence-corrected chi connectivity index (χ1v) is 9.26. The zero-order chi connectivity index (χ0) is 17.2. The van der Waals surface area contributed by atoms with Gasteiger partial charge in [-0.15, -0.1) is 11.3 Å². The van der Waals surface area contributed by atoms with Crippen molar-refractivity contribution in [2.45, 2.75) is 32.1 Å². The van der Waals surface area contributed by atoms with Crippen LogP contribution in [0.3, 0.4) is 0 Å². The number of pyridine rings is 1. The van der Waals surface area contributed by atoms with Crippen molar-refractivity contribution >= 4 is 33.5 Å². The predicted molar refractivity (Wildman–Crippen MR) is 99.3 cm³/mol. The van der Waals surface area contributed by atoms with Gasteiger partial charge in [0.2, 0.25) is 0 Å². The van der Waals surface area contributed by atoms with E-state index >= 15 is 0 Å². The first kappa shape index (κ1) is 16.0. The van der Waals surface area contributed by atoms with Crippen molar-refractivity contribution in [2.24, 2.45) is 0 Å². The number of anilines is 1. The molecule has 0 radical (unpaired) electrons. The molecule has 2 aromatic heterocycles. The minimum atomic E-state index is -0.367. The number of nitrogens with one attached hydrogen (secondary N) is 1. The summed E-state index contributed by atoms with van der Waals surface area (Å²) in [7, 11) is 0. The quantitative estimate of drug-likeness (QED) is 0.550. The third kappa shape index (κ3) is 3.19. The van der Waals surface area contributed by atoms with Gasteiger partial charge in [0.1, 0.15) is 0 Å². The summed E-state index contributed by atoms with van der Waals surface area (Å²) in [5.41, 5.74) is 2.27. The van der Waals surface area contributed by atoms with E-state index in [0.29, 0.717) is 5.39 Å². The number of hydrogen-bond acceptors (Lipinski definition) is 6. The molecule has 0 spiro atoms. The summed E-state index contributed by atoms with van der Waals surface area (Å²) in [5, 5.41) is 17.1. The van der Waals surface area contributed by atoms with E-state index < -0.39 is 0 Å². The maximum absolute atomic E-state index is 11.2. The molecule has 0 atom stereocenters. The molecule has 3 aromatic rings. The Morgan fingerprint density at radius 3 is 2.92 bits per heavy atom. The third-order valence-corrected chi connectivity index (χ3v) is 5.75. The van der Waals surface area contributed by atoms with Gasteiger partial charge in [0.15, 0.2) is 0 Å². The van der Waals surface area contributed by atoms with Crippen LogP contribution in [-0.2, 0) is 19.3 Å². The number of benzene rings is 1. The molecule has 25 heavy (non-hydrogen) atoms. The van der Waals surface area contributed by atoms with Crippen molar-refractivity contribution in [1.29, 1.82) is 0 Å². The first-order valence-electron chi connectivity index (χ1n) is 8.45. The minimum Gasteiger partial charge on any atom is -0.384 e. The van der Waals surface area contributed by atoms with Gasteiger partial charge in [0.05, 0.1) is 21.0 Å². The Bertz CT molecular complexity index is 914. The highest BCUT2D eigenvalue weighted by Crippen LogP contribution is 2.31. The summed E-state index contributed by atoms with van der Waals surface area (Å²) >= 11 is 1.83. The van der Waals surface area contributed by atoms with E-state index in [1.165, 1.54) is 40.9 Å². The monoisotopic (exact) mass is 354 g/mol. The summed E-state index contributed by atoms with van der Waals surface area (Å²) in [6, 6.07) is 5.12. The molecule has 0 bridgehead atoms. The van der Waals surface area contributed by atoms with Crippen LogP contribution >= 0.6 is 11.3 Å². The average Bonchev–Trinajstić information content (AvgIpc) is 3.04. The van der Waals surface area contributed by atoms with Gasteiger partial charge in [-0.05, 0) is 37.8 Å². The van der Waals surface area contributed by atoms with Crippen LogP contribution in [0, 0.1) is 10.1 Å². The Labute approximate surface area is 149 Å². The number of non-ortho nitro benzene ring substituents is 1. The number of aromatic nitrogens is 2. The SMILES string of the molecule is O=[N+]([O-])c1ccc(NCCc2nc3c(s2)CCCC3)c2ccncc12. The molecule has 1 aliphatic carbocycles. The van der Waals surface area contributed by atoms with Gasteiger partial charge in [-0.25, -0.2) is 4.98 Å². The highest BCUT2D eigenvalue weighted by Gasteiger charge is 2.16. The molecular weight excluding hydrogens is 336 g/mol. The van der Waals surface area contributed by atoms with Gasteiger partial charge in [0.25, 0.3) is 5.69 Å². The molecule has 0 saturated heterocycles. The molecule has 1 aliphatic rings. The Morgan fingerprint density at radius 2 is 2.08 bits per heavy atom. The van der Waals surface area contributed by atoms with Crippen LogP contribution in [0.4, 0.5) is 11.4 Å². The molecule has 4 rings (SSSR count). The van der Waals surface area contributed by atoms with E-state index in [4.69, 9.17) is 4.98 Å². The largest absolute Gasteiger partial charge is 0.384 e. The first-order chi connectivity index (χ1) is 12.2. The van der Waals surface area contributed by atoms with Crippen LogP contribution in [0.15, 0.2) is 30.6 Å². The third-order valence-electron chi connectivity index (χ3n) is 4.54. The molecule has 7 heteroatoms. The molecule has 0 aliphatic heterocycles. The molecule has 0 unspecified atom stereocenters. The molecule has 2 heterocycles. The van der Waals surface area contributed by atoms with Crippen LogP contribution in [0.2, 0.25) is 0 Å². The molecule has 0 amide bonds. The molecule has 1 N–H and O–H groups in total. The van der Waals surface area contributed by atoms with Crippen molar-refractivity contribution in [1.82, 2.24) is 9.97 Å². The number of fused-ring (bicyclic) bond motifs is 2. The van der Waals surface area contributed by atoms with E-state index in [-0.39, 0.29) is 10.6 Å². The second-order valence-electron chi connectivity index (χ2n) is 6.17. The van der Waals surface area contributed by atoms with Crippen LogP contribution in [-0.4, -0.2) is 21.4 Å². The summed E-state index contributed by atoms with van der Waals surface area (Å²) < 4.78 is 0. The van der Waals surface area contributed by atoms with Gasteiger partial charge in [-0.1, -0.05) is 0 Å². The van der Waals surface area contributed by atoms with Crippen LogP contribution in [0.25, 0.3) is 10.8 Å². The van der Waals surface area contributed by atoms with Gasteiger partial charge in [-0.2, -0.15) is 0 Å². The van der Waals surface area contributed by atoms with Crippen molar-refractivity contribution < 1.29 is 4.92 Å². The molecule has 0 saturated carbocycles. The number of nitro groups is 1. The van der Waals surface area contributed by atoms with Gasteiger partial charge < -0.3 is 5.32 Å². The van der Waals surface area contributed by atoms with E-state index in [1.54, 1.807) is 18.5 Å². The number of thiazole rings is 1. The number of aryl methyl sites for hydroxylation is 2. The van der Waals surface area contributed by atoms with Gasteiger partial charge in [-0.3, -0.25) is 15.1 Å². The van der Waals surface area contributed by atoms with E-state index in [9.17, 15) is 10.1 Å². The highest BCUT2D eigenvalue weighted by atomic mass is 32.1. The summed E-state index contributed by atoms with van der Waals surface area (Å²) in [5.74, 6) is 0. The Balaban J connectivity index is 1.50. The Morgan fingerprint density at radius 1 is 1.20 bits per heavy atom. The molecule has 1 aromatic carbocycles. The van der Waals surface area contributed by atoms with Crippen molar-refractivity contribution in [2.75, 3.05) is 11.9 Å². The Hall–Kier alpha value is -2.54. The van der Waals surface area contributed by atoms with Gasteiger partial charge in [0, 0.05) is 47.4 Å². The number of hydrogen-bond donors (Lipinski definition) is 1. The summed E-state index contributed by atoms with van der Waals surface area (Å²) in [6.45, 7) is 0.752. The van der Waals surface area contributed by atoms with Gasteiger partial charge >= 0.3 is 0 Å². The van der Waals surface area contributed by atoms with E-state index in [1.807, 2.05) is 17.4 Å². The Kier molecular flexibility index (Phi) is 4.31. The standard InChI is InChI=1S/C18H18N4O2S/c23-22(24)16-6-5-14(12-7-9-19-11-13(12)16)20-10-8-18-21-15-3-1-2-4-17(15)25-18/h5-7,9,11,20H,1-4,8,10H2. The molecule has 128 valence electrons. The van der Waals surface area contributed by atoms with Crippen molar-refractivity contribution in [3.8, 4) is 0 Å². The van der Waals surface area contributed by atoms with Crippen molar-refractivity contribution in [3.63, 3.8) is 0 Å². The zero-order valence-corrected chi connectivity index (χ0v) is 14.5. The number of nitro benzene ring substituents is 1. The second-order valence-corrected chi connectivity index (χ2v) is 7.34. The maximum atomic E-state index is 11.2. The molecule has 6 nitrogen and oxygen atoms in total. The van der Waals surface area contributed by atoms with Crippen LogP contribution in [0.1, 0.15) is 28.4 Å². The molecule has 0 fully saturated rings. The highest BCUT2D eigenvalue weighted by molar-refractivity contribution is 7.11. The lowest BCUT2D eigenvalue weighted by Crippen LogP contribution is -2.06. The predicted octanol–water partition coefficient (Wildman–Crippen LogP) is 4.13. The normalized spacial score (nSPS) is 13.6. The lowest BCUT2D eigenvalue weighted by atomic mass is 10.0. The summed E-state index contributed by atoms with van der Waals surface area (Å²) in [6.07, 6.45) is 8.87. The van der Waals surface area contributed by atoms with Crippen LogP contribution < -0.4 is 5.32 Å². The van der Waals surface area contributed by atoms with E-state index in [0.717, 1.165) is 30.5 Å². The fraction of sp³-hybridized carbons (Fsp3) is 0.333. The van der Waals surface area contributed by atoms with Crippen molar-refractivity contribution in [3.05, 3.63) is 56.3 Å². The van der Waals surface area contributed by atoms with E-state index in [2.05, 4.69) is 10.3 Å². The number of nitrogens with zero attached hydrogens (tertiary/aromatic N) is 3. The average molecular weight is 354 g/mol. The number of rotatable bonds is 5. The fourth-order valence-corrected chi connectivity index (χ4v) is 4.46.